The molecule has 2 aromatic carbocycles. The lowest BCUT2D eigenvalue weighted by Crippen LogP contribution is -2.24. The van der Waals surface area contributed by atoms with Gasteiger partial charge in [0.05, 0.1) is 0 Å². The highest BCUT2D eigenvalue weighted by molar-refractivity contribution is 6.30. The van der Waals surface area contributed by atoms with Crippen LogP contribution in [0.2, 0.25) is 0 Å². The molecule has 2 aromatic rings. The molecule has 2 atom stereocenters. The van der Waals surface area contributed by atoms with Gasteiger partial charge in [0.25, 0.3) is 5.78 Å². The van der Waals surface area contributed by atoms with Crippen molar-refractivity contribution in [3.63, 3.8) is 0 Å². The highest BCUT2D eigenvalue weighted by Gasteiger charge is 2.64. The van der Waals surface area contributed by atoms with E-state index in [0.29, 0.717) is 0 Å². The van der Waals surface area contributed by atoms with Gasteiger partial charge in [-0.15, -0.1) is 0 Å². The Morgan fingerprint density at radius 3 is 2.30 bits per heavy atom. The molecule has 0 aromatic heterocycles. The maximum absolute atomic E-state index is 12.3. The van der Waals surface area contributed by atoms with Gasteiger partial charge < -0.3 is 10.3 Å². The number of benzene rings is 2. The van der Waals surface area contributed by atoms with Crippen molar-refractivity contribution in [2.75, 3.05) is 0 Å². The van der Waals surface area contributed by atoms with Crippen LogP contribution in [-0.2, 0) is 15.1 Å². The van der Waals surface area contributed by atoms with Crippen LogP contribution in [0.1, 0.15) is 17.2 Å². The van der Waals surface area contributed by atoms with Crippen LogP contribution in [0.4, 0.5) is 0 Å². The van der Waals surface area contributed by atoms with E-state index in [4.69, 9.17) is 10.3 Å². The fourth-order valence-corrected chi connectivity index (χ4v) is 2.47. The van der Waals surface area contributed by atoms with E-state index in [0.717, 1.165) is 17.3 Å². The van der Waals surface area contributed by atoms with Crippen LogP contribution in [0.5, 0.6) is 0 Å². The van der Waals surface area contributed by atoms with E-state index in [1.807, 2.05) is 60.7 Å². The lowest BCUT2D eigenvalue weighted by molar-refractivity contribution is -0.121. The predicted molar refractivity (Wildman–Crippen MR) is 73.1 cm³/mol. The lowest BCUT2D eigenvalue weighted by Gasteiger charge is -2.07. The first-order valence-electron chi connectivity index (χ1n) is 6.29. The molecule has 0 bridgehead atoms. The highest BCUT2D eigenvalue weighted by atomic mass is 16.6. The predicted octanol–water partition coefficient (Wildman–Crippen LogP) is 2.52. The summed E-state index contributed by atoms with van der Waals surface area (Å²) in [6.45, 7) is 0. The Balaban J connectivity index is 2.05. The minimum atomic E-state index is -1.07. The van der Waals surface area contributed by atoms with Crippen molar-refractivity contribution in [2.45, 2.75) is 11.7 Å². The summed E-state index contributed by atoms with van der Waals surface area (Å²) >= 11 is 0. The molecular formula is C16H12N2O2. The number of ketones is 1. The molecule has 0 radical (unpaired) electrons. The van der Waals surface area contributed by atoms with Crippen molar-refractivity contribution in [2.24, 2.45) is 0 Å². The second kappa shape index (κ2) is 4.85. The molecule has 4 heteroatoms. The number of carbonyl (C=O) groups excluding carboxylic acids is 1. The number of ether oxygens (including phenoxy) is 1. The smallest absolute Gasteiger partial charge is 0.326 e. The summed E-state index contributed by atoms with van der Waals surface area (Å²) in [5.41, 5.74) is 9.24. The molecular weight excluding hydrogens is 252 g/mol. The Hall–Kier alpha value is -2.55. The van der Waals surface area contributed by atoms with Crippen molar-refractivity contribution in [3.05, 3.63) is 77.3 Å². The number of Topliss-reactive ketones (excluding diaryl/α,β-unsaturated/α-hetero) is 1. The van der Waals surface area contributed by atoms with Crippen molar-refractivity contribution < 1.29 is 14.3 Å². The SMILES string of the molecule is [N-]=[N+]=CC(=O)[C@]1(c2ccccc2)O[C@H]1c1ccccc1. The van der Waals surface area contributed by atoms with Crippen LogP contribution < -0.4 is 0 Å². The third kappa shape index (κ3) is 1.88. The van der Waals surface area contributed by atoms with Gasteiger partial charge in [-0.3, -0.25) is 4.79 Å². The molecule has 0 N–H and O–H groups in total. The minimum absolute atomic E-state index is 0.350. The number of nitrogens with zero attached hydrogens (tertiary/aromatic N) is 2. The van der Waals surface area contributed by atoms with Crippen molar-refractivity contribution in [1.29, 1.82) is 0 Å². The second-order valence-electron chi connectivity index (χ2n) is 4.62. The molecule has 20 heavy (non-hydrogen) atoms. The van der Waals surface area contributed by atoms with Gasteiger partial charge in [0.15, 0.2) is 5.60 Å². The summed E-state index contributed by atoms with van der Waals surface area (Å²) in [7, 11) is 0. The van der Waals surface area contributed by atoms with Crippen molar-refractivity contribution in [1.82, 2.24) is 0 Å². The Morgan fingerprint density at radius 2 is 1.70 bits per heavy atom. The average molecular weight is 264 g/mol. The van der Waals surface area contributed by atoms with Crippen LogP contribution in [0.15, 0.2) is 60.7 Å². The van der Waals surface area contributed by atoms with Crippen molar-refractivity contribution in [3.8, 4) is 0 Å². The first-order valence-corrected chi connectivity index (χ1v) is 6.29. The Labute approximate surface area is 116 Å². The first-order chi connectivity index (χ1) is 9.79. The number of hydrogen-bond donors (Lipinski definition) is 0. The third-order valence-electron chi connectivity index (χ3n) is 3.46. The van der Waals surface area contributed by atoms with Gasteiger partial charge in [-0.05, 0) is 11.1 Å². The Bertz CT molecular complexity index is 678. The molecule has 3 rings (SSSR count). The van der Waals surface area contributed by atoms with Crippen LogP contribution >= 0.6 is 0 Å². The van der Waals surface area contributed by atoms with E-state index >= 15 is 0 Å². The molecule has 4 nitrogen and oxygen atoms in total. The Kier molecular flexibility index (Phi) is 3.03. The molecule has 0 aliphatic carbocycles. The van der Waals surface area contributed by atoms with E-state index in [2.05, 4.69) is 4.79 Å². The van der Waals surface area contributed by atoms with Gasteiger partial charge in [0, 0.05) is 0 Å². The van der Waals surface area contributed by atoms with E-state index in [1.54, 1.807) is 0 Å². The second-order valence-corrected chi connectivity index (χ2v) is 4.62. The van der Waals surface area contributed by atoms with Crippen LogP contribution in [-0.4, -0.2) is 16.8 Å². The van der Waals surface area contributed by atoms with E-state index in [-0.39, 0.29) is 11.9 Å². The van der Waals surface area contributed by atoms with E-state index in [9.17, 15) is 4.79 Å². The van der Waals surface area contributed by atoms with Gasteiger partial charge in [0.2, 0.25) is 0 Å². The first kappa shape index (κ1) is 12.5. The summed E-state index contributed by atoms with van der Waals surface area (Å²) < 4.78 is 5.74. The monoisotopic (exact) mass is 264 g/mol. The fraction of sp³-hybridized carbons (Fsp3) is 0.125. The van der Waals surface area contributed by atoms with Gasteiger partial charge in [0.1, 0.15) is 6.10 Å². The molecule has 1 aliphatic rings. The number of hydrogen-bond acceptors (Lipinski definition) is 2. The van der Waals surface area contributed by atoms with E-state index in [1.165, 1.54) is 0 Å². The number of epoxide rings is 1. The quantitative estimate of drug-likeness (QED) is 0.368. The molecule has 0 unspecified atom stereocenters. The van der Waals surface area contributed by atoms with Gasteiger partial charge in [-0.2, -0.15) is 4.79 Å². The third-order valence-corrected chi connectivity index (χ3v) is 3.46. The summed E-state index contributed by atoms with van der Waals surface area (Å²) in [6, 6.07) is 18.8. The summed E-state index contributed by atoms with van der Waals surface area (Å²) in [5.74, 6) is -0.361. The zero-order chi connectivity index (χ0) is 14.0. The van der Waals surface area contributed by atoms with Crippen LogP contribution in [0, 0.1) is 0 Å². The maximum atomic E-state index is 12.3. The molecule has 1 fully saturated rings. The van der Waals surface area contributed by atoms with Gasteiger partial charge in [-0.25, -0.2) is 0 Å². The molecule has 0 spiro atoms. The normalized spacial score (nSPS) is 23.7. The highest BCUT2D eigenvalue weighted by Crippen LogP contribution is 2.57. The van der Waals surface area contributed by atoms with Crippen LogP contribution in [0.3, 0.4) is 0 Å². The lowest BCUT2D eigenvalue weighted by atomic mass is 9.88. The minimum Gasteiger partial charge on any atom is -0.361 e. The zero-order valence-electron chi connectivity index (χ0n) is 10.6. The van der Waals surface area contributed by atoms with Gasteiger partial charge in [-0.1, -0.05) is 60.7 Å². The number of carbonyl (C=O) groups is 1. The molecule has 0 amide bonds. The zero-order valence-corrected chi connectivity index (χ0v) is 10.6. The number of rotatable bonds is 4. The molecule has 0 saturated carbocycles. The maximum Gasteiger partial charge on any atom is 0.326 e. The fourth-order valence-electron chi connectivity index (χ4n) is 2.47. The largest absolute Gasteiger partial charge is 0.361 e. The molecule has 98 valence electrons. The standard InChI is InChI=1S/C16H12N2O2/c17-18-11-14(19)16(13-9-5-2-6-10-13)15(20-16)12-7-3-1-4-8-12/h1-11,15H/t15-,16-/m0/s1. The van der Waals surface area contributed by atoms with Crippen LogP contribution in [0.25, 0.3) is 5.53 Å². The van der Waals surface area contributed by atoms with Gasteiger partial charge >= 0.3 is 6.21 Å². The Morgan fingerprint density at radius 1 is 1.10 bits per heavy atom. The topological polar surface area (TPSA) is 66.0 Å². The average Bonchev–Trinajstić information content (AvgIpc) is 3.26. The van der Waals surface area contributed by atoms with E-state index < -0.39 is 5.60 Å². The summed E-state index contributed by atoms with van der Waals surface area (Å²) in [6.07, 6.45) is 0.548. The molecule has 1 saturated heterocycles. The molecule has 1 aliphatic heterocycles. The summed E-state index contributed by atoms with van der Waals surface area (Å²) in [4.78, 5) is 15.1. The van der Waals surface area contributed by atoms with Crippen molar-refractivity contribution >= 4 is 12.0 Å². The molecule has 1 heterocycles. The summed E-state index contributed by atoms with van der Waals surface area (Å²) in [5, 5.41) is 0.